The summed E-state index contributed by atoms with van der Waals surface area (Å²) in [6.07, 6.45) is -4.87. The van der Waals surface area contributed by atoms with Crippen LogP contribution in [-0.4, -0.2) is 29.5 Å². The Morgan fingerprint density at radius 2 is 1.66 bits per heavy atom. The summed E-state index contributed by atoms with van der Waals surface area (Å²) in [4.78, 5) is 13.4. The fourth-order valence-corrected chi connectivity index (χ4v) is 5.92. The fraction of sp³-hybridized carbons (Fsp3) is 0.400. The maximum atomic E-state index is 13.4. The van der Waals surface area contributed by atoms with E-state index in [2.05, 4.69) is 4.74 Å². The highest BCUT2D eigenvalue weighted by Gasteiger charge is 2.62. The third-order valence-corrected chi connectivity index (χ3v) is 6.95. The molecular formula is C25H23F3O4. The zero-order valence-electron chi connectivity index (χ0n) is 17.9. The van der Waals surface area contributed by atoms with E-state index in [1.807, 2.05) is 32.9 Å². The summed E-state index contributed by atoms with van der Waals surface area (Å²) in [5.41, 5.74) is 4.97. The number of hydrogen-bond acceptors (Lipinski definition) is 4. The second-order valence-electron chi connectivity index (χ2n) is 9.05. The Morgan fingerprint density at radius 1 is 1.03 bits per heavy atom. The zero-order valence-corrected chi connectivity index (χ0v) is 17.9. The van der Waals surface area contributed by atoms with E-state index in [-0.39, 0.29) is 29.3 Å². The standard InChI is InChI=1S/C25H23F3O4/c1-11-8-12(2)18(13(3)9-11)20-22(29)19-17-10-16(24(31-17)21(19)23(20)30)14-4-6-15(7-5-14)32-25(26,27)28/h4-9,16-17,19,21,24,30H,10H2,1-3H3/t16?,17?,19-,21+,24?/m0/s1. The maximum absolute atomic E-state index is 13.4. The highest BCUT2D eigenvalue weighted by Crippen LogP contribution is 2.58. The first kappa shape index (κ1) is 21.1. The van der Waals surface area contributed by atoms with E-state index in [0.29, 0.717) is 12.0 Å². The number of alkyl halides is 3. The lowest BCUT2D eigenvalue weighted by atomic mass is 9.72. The minimum absolute atomic E-state index is 0.0734. The van der Waals surface area contributed by atoms with Crippen LogP contribution in [-0.2, 0) is 9.53 Å². The summed E-state index contributed by atoms with van der Waals surface area (Å²) in [6, 6.07) is 9.76. The van der Waals surface area contributed by atoms with Crippen molar-refractivity contribution in [3.05, 3.63) is 70.0 Å². The molecule has 2 fully saturated rings. The molecule has 0 spiro atoms. The van der Waals surface area contributed by atoms with Gasteiger partial charge in [0.15, 0.2) is 5.78 Å². The molecule has 0 amide bonds. The van der Waals surface area contributed by atoms with Gasteiger partial charge in [0.05, 0.1) is 29.6 Å². The number of rotatable bonds is 3. The van der Waals surface area contributed by atoms with Gasteiger partial charge >= 0.3 is 6.36 Å². The van der Waals surface area contributed by atoms with Crippen LogP contribution in [0.15, 0.2) is 42.2 Å². The lowest BCUT2D eigenvalue weighted by Gasteiger charge is -2.27. The van der Waals surface area contributed by atoms with Crippen LogP contribution in [0.2, 0.25) is 0 Å². The molecule has 0 radical (unpaired) electrons. The largest absolute Gasteiger partial charge is 0.573 e. The number of aryl methyl sites for hydroxylation is 3. The Kier molecular flexibility index (Phi) is 4.68. The summed E-state index contributed by atoms with van der Waals surface area (Å²) < 4.78 is 47.4. The number of ketones is 1. The van der Waals surface area contributed by atoms with Crippen molar-refractivity contribution < 1.29 is 32.5 Å². The summed E-state index contributed by atoms with van der Waals surface area (Å²) in [5.74, 6) is -1.26. The first-order chi connectivity index (χ1) is 15.0. The highest BCUT2D eigenvalue weighted by molar-refractivity contribution is 6.26. The molecule has 3 unspecified atom stereocenters. The van der Waals surface area contributed by atoms with Gasteiger partial charge in [0, 0.05) is 5.92 Å². The number of hydrogen-bond donors (Lipinski definition) is 1. The van der Waals surface area contributed by atoms with Crippen molar-refractivity contribution in [1.82, 2.24) is 0 Å². The molecule has 168 valence electrons. The van der Waals surface area contributed by atoms with Crippen LogP contribution in [0, 0.1) is 32.6 Å². The molecule has 3 aliphatic rings. The SMILES string of the molecule is Cc1cc(C)c(C2=C(O)[C@@H]3C4OC(CC4c4ccc(OC(F)(F)F)cc4)[C@@H]3C2=O)c(C)c1. The fourth-order valence-electron chi connectivity index (χ4n) is 5.92. The van der Waals surface area contributed by atoms with Gasteiger partial charge in [-0.25, -0.2) is 0 Å². The lowest BCUT2D eigenvalue weighted by Crippen LogP contribution is -2.33. The number of fused-ring (bicyclic) bond motifs is 5. The molecule has 4 nitrogen and oxygen atoms in total. The zero-order chi connectivity index (χ0) is 22.9. The Bertz CT molecular complexity index is 1110. The van der Waals surface area contributed by atoms with Crippen molar-refractivity contribution in [2.24, 2.45) is 11.8 Å². The van der Waals surface area contributed by atoms with E-state index in [0.717, 1.165) is 27.8 Å². The van der Waals surface area contributed by atoms with Crippen molar-refractivity contribution in [1.29, 1.82) is 0 Å². The van der Waals surface area contributed by atoms with Crippen LogP contribution < -0.4 is 4.74 Å². The number of ether oxygens (including phenoxy) is 2. The molecule has 5 rings (SSSR count). The quantitative estimate of drug-likeness (QED) is 0.675. The van der Waals surface area contributed by atoms with E-state index in [4.69, 9.17) is 4.74 Å². The predicted octanol–water partition coefficient (Wildman–Crippen LogP) is 5.55. The molecule has 7 heteroatoms. The molecule has 2 aromatic carbocycles. The van der Waals surface area contributed by atoms with Gasteiger partial charge in [-0.3, -0.25) is 4.79 Å². The minimum Gasteiger partial charge on any atom is -0.511 e. The van der Waals surface area contributed by atoms with Crippen molar-refractivity contribution in [2.75, 3.05) is 0 Å². The van der Waals surface area contributed by atoms with E-state index >= 15 is 0 Å². The van der Waals surface area contributed by atoms with E-state index in [1.54, 1.807) is 12.1 Å². The van der Waals surface area contributed by atoms with Crippen molar-refractivity contribution in [3.63, 3.8) is 0 Å². The van der Waals surface area contributed by atoms with Crippen LogP contribution in [0.5, 0.6) is 5.75 Å². The molecule has 1 aliphatic carbocycles. The number of allylic oxidation sites excluding steroid dienone is 1. The Hall–Kier alpha value is -2.80. The third kappa shape index (κ3) is 3.22. The van der Waals surface area contributed by atoms with Crippen molar-refractivity contribution in [3.8, 4) is 5.75 Å². The Labute approximate surface area is 183 Å². The van der Waals surface area contributed by atoms with Crippen LogP contribution >= 0.6 is 0 Å². The van der Waals surface area contributed by atoms with Crippen molar-refractivity contribution in [2.45, 2.75) is 51.7 Å². The van der Waals surface area contributed by atoms with E-state index < -0.39 is 24.3 Å². The maximum Gasteiger partial charge on any atom is 0.573 e. The summed E-state index contributed by atoms with van der Waals surface area (Å²) in [5, 5.41) is 11.2. The average Bonchev–Trinajstić information content (AvgIpc) is 3.34. The van der Waals surface area contributed by atoms with Gasteiger partial charge in [0.2, 0.25) is 0 Å². The lowest BCUT2D eigenvalue weighted by molar-refractivity contribution is -0.274. The van der Waals surface area contributed by atoms with Crippen LogP contribution in [0.1, 0.15) is 40.2 Å². The number of aliphatic hydroxyl groups excluding tert-OH is 1. The Morgan fingerprint density at radius 3 is 2.25 bits per heavy atom. The van der Waals surface area contributed by atoms with Gasteiger partial charge < -0.3 is 14.6 Å². The molecule has 32 heavy (non-hydrogen) atoms. The number of benzene rings is 2. The van der Waals surface area contributed by atoms with Gasteiger partial charge in [-0.05, 0) is 61.6 Å². The van der Waals surface area contributed by atoms with E-state index in [9.17, 15) is 23.1 Å². The molecule has 1 N–H and O–H groups in total. The normalized spacial score (nSPS) is 29.1. The molecule has 2 aliphatic heterocycles. The predicted molar refractivity (Wildman–Crippen MR) is 111 cm³/mol. The van der Waals surface area contributed by atoms with Gasteiger partial charge in [0.25, 0.3) is 0 Å². The molecule has 2 heterocycles. The second-order valence-corrected chi connectivity index (χ2v) is 9.05. The van der Waals surface area contributed by atoms with Crippen LogP contribution in [0.25, 0.3) is 5.57 Å². The molecule has 0 aromatic heterocycles. The number of carbonyl (C=O) groups is 1. The third-order valence-electron chi connectivity index (χ3n) is 6.95. The molecular weight excluding hydrogens is 421 g/mol. The summed E-state index contributed by atoms with van der Waals surface area (Å²) in [7, 11) is 0. The first-order valence-corrected chi connectivity index (χ1v) is 10.6. The van der Waals surface area contributed by atoms with Crippen molar-refractivity contribution >= 4 is 11.4 Å². The number of carbonyl (C=O) groups excluding carboxylic acids is 1. The molecule has 5 atom stereocenters. The number of halogens is 3. The average molecular weight is 444 g/mol. The van der Waals surface area contributed by atoms with Gasteiger partial charge in [0.1, 0.15) is 11.5 Å². The summed E-state index contributed by atoms with van der Waals surface area (Å²) >= 11 is 0. The van der Waals surface area contributed by atoms with Crippen LogP contribution in [0.3, 0.4) is 0 Å². The molecule has 2 aromatic rings. The topological polar surface area (TPSA) is 55.8 Å². The second kappa shape index (κ2) is 7.10. The van der Waals surface area contributed by atoms with Crippen LogP contribution in [0.4, 0.5) is 13.2 Å². The molecule has 0 saturated carbocycles. The van der Waals surface area contributed by atoms with Gasteiger partial charge in [-0.2, -0.15) is 0 Å². The smallest absolute Gasteiger partial charge is 0.511 e. The van der Waals surface area contributed by atoms with E-state index in [1.165, 1.54) is 12.1 Å². The van der Waals surface area contributed by atoms with Gasteiger partial charge in [-0.1, -0.05) is 29.8 Å². The first-order valence-electron chi connectivity index (χ1n) is 10.6. The number of aliphatic hydroxyl groups is 1. The number of Topliss-reactive ketones (excluding diaryl/α,β-unsaturated/α-hetero) is 1. The minimum atomic E-state index is -4.74. The highest BCUT2D eigenvalue weighted by atomic mass is 19.4. The summed E-state index contributed by atoms with van der Waals surface area (Å²) in [6.45, 7) is 5.87. The molecule has 2 bridgehead atoms. The Balaban J connectivity index is 1.47. The van der Waals surface area contributed by atoms with Gasteiger partial charge in [-0.15, -0.1) is 13.2 Å². The molecule has 2 saturated heterocycles. The monoisotopic (exact) mass is 444 g/mol.